The van der Waals surface area contributed by atoms with Crippen molar-refractivity contribution in [2.45, 2.75) is 55.6 Å². The van der Waals surface area contributed by atoms with Gasteiger partial charge < -0.3 is 10.2 Å². The first-order valence-corrected chi connectivity index (χ1v) is 7.38. The Bertz CT molecular complexity index is 299. The summed E-state index contributed by atoms with van der Waals surface area (Å²) >= 11 is 3.68. The molecule has 4 rings (SSSR count). The highest BCUT2D eigenvalue weighted by atomic mass is 79.9. The van der Waals surface area contributed by atoms with Crippen molar-refractivity contribution in [3.8, 4) is 0 Å². The number of rotatable bonds is 1. The van der Waals surface area contributed by atoms with Gasteiger partial charge in [0.25, 0.3) is 0 Å². The van der Waals surface area contributed by atoms with Gasteiger partial charge in [-0.1, -0.05) is 29.8 Å². The third kappa shape index (κ3) is 1.20. The Kier molecular flexibility index (Phi) is 2.33. The molecule has 0 spiro atoms. The van der Waals surface area contributed by atoms with Crippen LogP contribution in [0, 0.1) is 23.7 Å². The first kappa shape index (κ1) is 11.5. The molecule has 16 heavy (non-hydrogen) atoms. The van der Waals surface area contributed by atoms with Crippen molar-refractivity contribution in [3.05, 3.63) is 0 Å². The summed E-state index contributed by atoms with van der Waals surface area (Å²) in [6.45, 7) is 4.25. The van der Waals surface area contributed by atoms with Crippen LogP contribution in [0.3, 0.4) is 0 Å². The Hall–Kier alpha value is 0.400. The third-order valence-corrected chi connectivity index (χ3v) is 7.13. The zero-order valence-corrected chi connectivity index (χ0v) is 11.6. The first-order chi connectivity index (χ1) is 7.38. The molecule has 4 aliphatic carbocycles. The average Bonchev–Trinajstić information content (AvgIpc) is 2.17. The second-order valence-electron chi connectivity index (χ2n) is 6.58. The summed E-state index contributed by atoms with van der Waals surface area (Å²) in [5, 5.41) is 21.6. The number of alkyl halides is 1. The van der Waals surface area contributed by atoms with Crippen LogP contribution in [0.2, 0.25) is 0 Å². The molecule has 4 aliphatic rings. The predicted molar refractivity (Wildman–Crippen MR) is 66.4 cm³/mol. The van der Waals surface area contributed by atoms with Gasteiger partial charge in [-0.15, -0.1) is 0 Å². The molecule has 0 aliphatic heterocycles. The lowest BCUT2D eigenvalue weighted by atomic mass is 9.46. The molecule has 0 radical (unpaired) electrons. The number of hydrogen-bond acceptors (Lipinski definition) is 2. The standard InChI is InChI=1S/C13H21BrO2/c1-7(2)13(16)9-3-8-4-10(13)6-12(15,5-9)11(8)14/h7-11,15-16H,3-6H2,1-2H3. The Morgan fingerprint density at radius 2 is 1.62 bits per heavy atom. The quantitative estimate of drug-likeness (QED) is 0.727. The van der Waals surface area contributed by atoms with Gasteiger partial charge in [0, 0.05) is 4.83 Å². The van der Waals surface area contributed by atoms with E-state index in [1.165, 1.54) is 0 Å². The summed E-state index contributed by atoms with van der Waals surface area (Å²) in [6.07, 6.45) is 3.74. The van der Waals surface area contributed by atoms with E-state index in [9.17, 15) is 10.2 Å². The Labute approximate surface area is 106 Å². The zero-order valence-electron chi connectivity index (χ0n) is 9.99. The van der Waals surface area contributed by atoms with Crippen molar-refractivity contribution < 1.29 is 10.2 Å². The van der Waals surface area contributed by atoms with Gasteiger partial charge >= 0.3 is 0 Å². The maximum Gasteiger partial charge on any atom is 0.0782 e. The Morgan fingerprint density at radius 1 is 1.12 bits per heavy atom. The van der Waals surface area contributed by atoms with Gasteiger partial charge in [0.05, 0.1) is 11.2 Å². The molecule has 2 nitrogen and oxygen atoms in total. The molecule has 3 heteroatoms. The minimum Gasteiger partial charge on any atom is -0.389 e. The zero-order chi connectivity index (χ0) is 11.7. The molecule has 4 bridgehead atoms. The molecule has 4 fully saturated rings. The number of halogens is 1. The molecule has 92 valence electrons. The Balaban J connectivity index is 1.98. The monoisotopic (exact) mass is 288 g/mol. The summed E-state index contributed by atoms with van der Waals surface area (Å²) in [6, 6.07) is 0. The van der Waals surface area contributed by atoms with Crippen molar-refractivity contribution in [3.63, 3.8) is 0 Å². The molecule has 0 aromatic carbocycles. The molecule has 2 N–H and O–H groups in total. The maximum atomic E-state index is 10.9. The highest BCUT2D eigenvalue weighted by molar-refractivity contribution is 9.09. The molecular formula is C13H21BrO2. The summed E-state index contributed by atoms with van der Waals surface area (Å²) in [7, 11) is 0. The molecule has 4 saturated carbocycles. The lowest BCUT2D eigenvalue weighted by Gasteiger charge is -2.65. The van der Waals surface area contributed by atoms with Crippen molar-refractivity contribution in [2.75, 3.05) is 0 Å². The van der Waals surface area contributed by atoms with Gasteiger partial charge in [0.2, 0.25) is 0 Å². The van der Waals surface area contributed by atoms with E-state index in [4.69, 9.17) is 0 Å². The van der Waals surface area contributed by atoms with Crippen LogP contribution in [0.15, 0.2) is 0 Å². The van der Waals surface area contributed by atoms with E-state index in [-0.39, 0.29) is 4.83 Å². The van der Waals surface area contributed by atoms with Gasteiger partial charge in [-0.25, -0.2) is 0 Å². The van der Waals surface area contributed by atoms with E-state index in [0.717, 1.165) is 25.7 Å². The fourth-order valence-electron chi connectivity index (χ4n) is 4.81. The molecule has 3 unspecified atom stereocenters. The molecule has 0 heterocycles. The molecule has 0 aromatic heterocycles. The van der Waals surface area contributed by atoms with E-state index in [0.29, 0.717) is 23.7 Å². The fraction of sp³-hybridized carbons (Fsp3) is 1.00. The highest BCUT2D eigenvalue weighted by Crippen LogP contribution is 2.63. The minimum absolute atomic E-state index is 0.254. The van der Waals surface area contributed by atoms with Crippen LogP contribution in [0.4, 0.5) is 0 Å². The summed E-state index contributed by atoms with van der Waals surface area (Å²) in [4.78, 5) is 0.254. The van der Waals surface area contributed by atoms with Gasteiger partial charge in [0.1, 0.15) is 0 Å². The van der Waals surface area contributed by atoms with Crippen LogP contribution in [0.1, 0.15) is 39.5 Å². The van der Waals surface area contributed by atoms with Crippen LogP contribution in [-0.4, -0.2) is 26.2 Å². The van der Waals surface area contributed by atoms with Gasteiger partial charge in [-0.3, -0.25) is 0 Å². The van der Waals surface area contributed by atoms with E-state index in [1.807, 2.05) is 0 Å². The summed E-state index contributed by atoms with van der Waals surface area (Å²) < 4.78 is 0. The lowest BCUT2D eigenvalue weighted by molar-refractivity contribution is -0.237. The summed E-state index contributed by atoms with van der Waals surface area (Å²) in [5.41, 5.74) is -1.06. The molecule has 0 aromatic rings. The lowest BCUT2D eigenvalue weighted by Crippen LogP contribution is -2.69. The minimum atomic E-state index is -0.544. The highest BCUT2D eigenvalue weighted by Gasteiger charge is 2.65. The number of hydrogen-bond donors (Lipinski definition) is 2. The summed E-state index contributed by atoms with van der Waals surface area (Å²) in [5.74, 6) is 1.49. The SMILES string of the molecule is CC(C)C1(O)C2CC3CC1CC(O)(C2)C3Br. The van der Waals surface area contributed by atoms with Crippen LogP contribution in [0.5, 0.6) is 0 Å². The van der Waals surface area contributed by atoms with Crippen LogP contribution in [0.25, 0.3) is 0 Å². The van der Waals surface area contributed by atoms with Crippen LogP contribution in [-0.2, 0) is 0 Å². The smallest absolute Gasteiger partial charge is 0.0782 e. The van der Waals surface area contributed by atoms with Crippen molar-refractivity contribution in [1.29, 1.82) is 0 Å². The van der Waals surface area contributed by atoms with Crippen LogP contribution >= 0.6 is 15.9 Å². The maximum absolute atomic E-state index is 10.9. The molecular weight excluding hydrogens is 268 g/mol. The Morgan fingerprint density at radius 3 is 2.00 bits per heavy atom. The third-order valence-electron chi connectivity index (χ3n) is 5.53. The second-order valence-corrected chi connectivity index (χ2v) is 7.57. The van der Waals surface area contributed by atoms with E-state index in [1.54, 1.807) is 0 Å². The van der Waals surface area contributed by atoms with Gasteiger partial charge in [-0.2, -0.15) is 0 Å². The van der Waals surface area contributed by atoms with Crippen molar-refractivity contribution >= 4 is 15.9 Å². The van der Waals surface area contributed by atoms with Crippen LogP contribution < -0.4 is 0 Å². The topological polar surface area (TPSA) is 40.5 Å². The van der Waals surface area contributed by atoms with Crippen molar-refractivity contribution in [2.24, 2.45) is 23.7 Å². The van der Waals surface area contributed by atoms with Crippen molar-refractivity contribution in [1.82, 2.24) is 0 Å². The molecule has 0 amide bonds. The van der Waals surface area contributed by atoms with E-state index < -0.39 is 11.2 Å². The molecule has 3 atom stereocenters. The van der Waals surface area contributed by atoms with E-state index in [2.05, 4.69) is 29.8 Å². The largest absolute Gasteiger partial charge is 0.389 e. The predicted octanol–water partition coefficient (Wildman–Crippen LogP) is 2.32. The van der Waals surface area contributed by atoms with E-state index >= 15 is 0 Å². The molecule has 0 saturated heterocycles. The normalized spacial score (nSPS) is 59.6. The van der Waals surface area contributed by atoms with Gasteiger partial charge in [0.15, 0.2) is 0 Å². The average molecular weight is 289 g/mol. The second kappa shape index (κ2) is 3.24. The first-order valence-electron chi connectivity index (χ1n) is 6.46. The number of aliphatic hydroxyl groups is 2. The fourth-order valence-corrected chi connectivity index (χ4v) is 5.62. The van der Waals surface area contributed by atoms with Gasteiger partial charge in [-0.05, 0) is 49.4 Å².